The molecule has 0 radical (unpaired) electrons. The molecule has 9 heteroatoms. The molecule has 0 aromatic heterocycles. The first-order valence-corrected chi connectivity index (χ1v) is 10.8. The number of hydrogen-bond donors (Lipinski definition) is 4. The zero-order valence-electron chi connectivity index (χ0n) is 17.1. The molecule has 3 aromatic rings. The maximum absolute atomic E-state index is 12.2. The fourth-order valence-corrected chi connectivity index (χ4v) is 3.90. The predicted molar refractivity (Wildman–Crippen MR) is 131 cm³/mol. The largest absolute Gasteiger partial charge is 0.377 e. The minimum Gasteiger partial charge on any atom is -0.377 e. The Hall–Kier alpha value is -2.77. The average molecular weight is 492 g/mol. The second kappa shape index (κ2) is 10.7. The van der Waals surface area contributed by atoms with Crippen LogP contribution in [-0.2, 0) is 0 Å². The predicted octanol–water partition coefficient (Wildman–Crippen LogP) is 6.38. The molecule has 1 atom stereocenters. The summed E-state index contributed by atoms with van der Waals surface area (Å²) in [5, 5.41) is 7.56. The van der Waals surface area contributed by atoms with Crippen LogP contribution in [-0.4, -0.2) is 11.8 Å². The molecule has 166 valence electrons. The van der Waals surface area contributed by atoms with E-state index < -0.39 is 6.03 Å². The van der Waals surface area contributed by atoms with Gasteiger partial charge in [0.2, 0.25) is 0 Å². The fraction of sp³-hybridized carbons (Fsp3) is 0.130. The van der Waals surface area contributed by atoms with Gasteiger partial charge in [-0.25, -0.2) is 10.6 Å². The summed E-state index contributed by atoms with van der Waals surface area (Å²) in [6.45, 7) is 1.98. The highest BCUT2D eigenvalue weighted by Gasteiger charge is 2.27. The number of carbonyl (C=O) groups excluding carboxylic acids is 2. The number of hydrazine groups is 1. The van der Waals surface area contributed by atoms with Gasteiger partial charge in [0.1, 0.15) is 0 Å². The van der Waals surface area contributed by atoms with E-state index in [0.717, 1.165) is 22.5 Å². The molecular formula is C23H21Cl3N4O2. The van der Waals surface area contributed by atoms with Gasteiger partial charge < -0.3 is 10.6 Å². The van der Waals surface area contributed by atoms with Gasteiger partial charge in [-0.3, -0.25) is 10.2 Å². The molecule has 2 amide bonds. The minimum atomic E-state index is -0.418. The van der Waals surface area contributed by atoms with Crippen molar-refractivity contribution in [1.82, 2.24) is 5.43 Å². The highest BCUT2D eigenvalue weighted by atomic mass is 35.5. The molecule has 0 saturated heterocycles. The Balaban J connectivity index is 0.000000207. The van der Waals surface area contributed by atoms with E-state index in [1.165, 1.54) is 0 Å². The first-order valence-electron chi connectivity index (χ1n) is 9.65. The molecule has 0 spiro atoms. The van der Waals surface area contributed by atoms with Crippen LogP contribution in [0.2, 0.25) is 15.1 Å². The standard InChI is InChI=1S/C15H10Cl3NO.C8H11N3O/c16-8-2-4-13-11(5-8)15(20)7-14(19-13)10-3-1-9(17)6-12(10)18;1-6-2-4-7(5-3-6)10-8(12)11-9/h1-6,14,19H,7H2;2-5H,9H2,1H3,(H2,10,11,12). The van der Waals surface area contributed by atoms with Crippen LogP contribution in [0.5, 0.6) is 0 Å². The monoisotopic (exact) mass is 490 g/mol. The van der Waals surface area contributed by atoms with Crippen LogP contribution < -0.4 is 21.9 Å². The molecule has 1 aliphatic heterocycles. The highest BCUT2D eigenvalue weighted by molar-refractivity contribution is 6.35. The van der Waals surface area contributed by atoms with Gasteiger partial charge in [0, 0.05) is 38.4 Å². The van der Waals surface area contributed by atoms with Crippen molar-refractivity contribution >= 4 is 58.0 Å². The number of Topliss-reactive ketones (excluding diaryl/α,β-unsaturated/α-hetero) is 1. The van der Waals surface area contributed by atoms with E-state index in [1.807, 2.05) is 48.7 Å². The van der Waals surface area contributed by atoms with Crippen LogP contribution in [0.1, 0.15) is 33.9 Å². The number of ketones is 1. The van der Waals surface area contributed by atoms with E-state index in [9.17, 15) is 9.59 Å². The molecule has 5 N–H and O–H groups in total. The summed E-state index contributed by atoms with van der Waals surface area (Å²) in [7, 11) is 0. The molecule has 3 aromatic carbocycles. The van der Waals surface area contributed by atoms with E-state index in [4.69, 9.17) is 40.6 Å². The minimum absolute atomic E-state index is 0.0530. The van der Waals surface area contributed by atoms with E-state index >= 15 is 0 Å². The molecule has 0 bridgehead atoms. The lowest BCUT2D eigenvalue weighted by molar-refractivity contribution is 0.0972. The Kier molecular flexibility index (Phi) is 7.99. The van der Waals surface area contributed by atoms with Gasteiger partial charge in [0.05, 0.1) is 6.04 Å². The summed E-state index contributed by atoms with van der Waals surface area (Å²) in [5.74, 6) is 4.94. The Morgan fingerprint density at radius 2 is 1.66 bits per heavy atom. The van der Waals surface area contributed by atoms with Crippen LogP contribution in [0.25, 0.3) is 0 Å². The van der Waals surface area contributed by atoms with Gasteiger partial charge >= 0.3 is 6.03 Å². The lowest BCUT2D eigenvalue weighted by Gasteiger charge is -2.27. The van der Waals surface area contributed by atoms with Crippen molar-refractivity contribution in [2.45, 2.75) is 19.4 Å². The molecule has 4 rings (SSSR count). The van der Waals surface area contributed by atoms with Crippen molar-refractivity contribution in [2.75, 3.05) is 10.6 Å². The number of halogens is 3. The Morgan fingerprint density at radius 3 is 2.31 bits per heavy atom. The number of urea groups is 1. The van der Waals surface area contributed by atoms with E-state index in [0.29, 0.717) is 27.1 Å². The Morgan fingerprint density at radius 1 is 1.00 bits per heavy atom. The second-order valence-corrected chi connectivity index (χ2v) is 8.42. The number of fused-ring (bicyclic) bond motifs is 1. The number of benzene rings is 3. The van der Waals surface area contributed by atoms with Gasteiger partial charge in [-0.05, 0) is 55.0 Å². The van der Waals surface area contributed by atoms with E-state index in [1.54, 1.807) is 24.3 Å². The highest BCUT2D eigenvalue weighted by Crippen LogP contribution is 2.37. The summed E-state index contributed by atoms with van der Waals surface area (Å²) < 4.78 is 0. The summed E-state index contributed by atoms with van der Waals surface area (Å²) >= 11 is 18.0. The number of anilines is 2. The van der Waals surface area contributed by atoms with Crippen molar-refractivity contribution < 1.29 is 9.59 Å². The summed E-state index contributed by atoms with van der Waals surface area (Å²) in [6, 6.07) is 17.4. The van der Waals surface area contributed by atoms with Crippen LogP contribution in [0.3, 0.4) is 0 Å². The third-order valence-corrected chi connectivity index (χ3v) is 5.58. The lowest BCUT2D eigenvalue weighted by Crippen LogP contribution is -2.34. The van der Waals surface area contributed by atoms with E-state index in [2.05, 4.69) is 10.6 Å². The van der Waals surface area contributed by atoms with Gasteiger partial charge in [-0.15, -0.1) is 0 Å². The molecule has 0 aliphatic carbocycles. The van der Waals surface area contributed by atoms with Gasteiger partial charge in [0.25, 0.3) is 0 Å². The summed E-state index contributed by atoms with van der Waals surface area (Å²) in [4.78, 5) is 23.0. The first kappa shape index (κ1) is 23.9. The smallest absolute Gasteiger partial charge is 0.333 e. The molecule has 0 saturated carbocycles. The van der Waals surface area contributed by atoms with Crippen molar-refractivity contribution in [3.63, 3.8) is 0 Å². The molecule has 32 heavy (non-hydrogen) atoms. The maximum atomic E-state index is 12.2. The van der Waals surface area contributed by atoms with Crippen LogP contribution in [0, 0.1) is 6.92 Å². The maximum Gasteiger partial charge on any atom is 0.333 e. The topological polar surface area (TPSA) is 96.2 Å². The number of nitrogens with one attached hydrogen (secondary N) is 3. The zero-order chi connectivity index (χ0) is 23.3. The summed E-state index contributed by atoms with van der Waals surface area (Å²) in [5.41, 5.74) is 6.12. The lowest BCUT2D eigenvalue weighted by atomic mass is 9.92. The number of amides is 2. The molecule has 1 aliphatic rings. The van der Waals surface area contributed by atoms with Crippen molar-refractivity contribution in [1.29, 1.82) is 0 Å². The zero-order valence-corrected chi connectivity index (χ0v) is 19.4. The van der Waals surface area contributed by atoms with Gasteiger partial charge in [0.15, 0.2) is 5.78 Å². The van der Waals surface area contributed by atoms with Crippen LogP contribution in [0.4, 0.5) is 16.2 Å². The van der Waals surface area contributed by atoms with Crippen molar-refractivity contribution in [3.8, 4) is 0 Å². The fourth-order valence-electron chi connectivity index (χ4n) is 3.18. The van der Waals surface area contributed by atoms with Crippen molar-refractivity contribution in [2.24, 2.45) is 5.84 Å². The summed E-state index contributed by atoms with van der Waals surface area (Å²) in [6.07, 6.45) is 0.342. The van der Waals surface area contributed by atoms with Gasteiger partial charge in [-0.2, -0.15) is 0 Å². The third kappa shape index (κ3) is 6.14. The molecule has 6 nitrogen and oxygen atoms in total. The normalized spacial score (nSPS) is 14.4. The number of aryl methyl sites for hydroxylation is 1. The molecule has 0 fully saturated rings. The molecule has 1 unspecified atom stereocenters. The number of carbonyl (C=O) groups is 2. The molecule has 1 heterocycles. The quantitative estimate of drug-likeness (QED) is 0.190. The third-order valence-electron chi connectivity index (χ3n) is 4.78. The first-order chi connectivity index (χ1) is 15.3. The van der Waals surface area contributed by atoms with Crippen LogP contribution >= 0.6 is 34.8 Å². The molecular weight excluding hydrogens is 471 g/mol. The van der Waals surface area contributed by atoms with E-state index in [-0.39, 0.29) is 11.8 Å². The number of hydrogen-bond acceptors (Lipinski definition) is 4. The number of rotatable bonds is 2. The SMILES string of the molecule is Cc1ccc(NC(=O)NN)cc1.O=C1CC(c2ccc(Cl)cc2Cl)Nc2ccc(Cl)cc21. The van der Waals surface area contributed by atoms with Crippen LogP contribution in [0.15, 0.2) is 60.7 Å². The Bertz CT molecular complexity index is 1140. The Labute approximate surface area is 201 Å². The average Bonchev–Trinajstić information content (AvgIpc) is 2.76. The van der Waals surface area contributed by atoms with Crippen molar-refractivity contribution in [3.05, 3.63) is 92.4 Å². The second-order valence-electron chi connectivity index (χ2n) is 7.14. The van der Waals surface area contributed by atoms with Gasteiger partial charge in [-0.1, -0.05) is 58.6 Å². The number of nitrogens with two attached hydrogens (primary N) is 1.